The molecule has 7 heteroatoms. The first kappa shape index (κ1) is 30.8. The van der Waals surface area contributed by atoms with Crippen molar-refractivity contribution in [2.45, 2.75) is 76.8 Å². The molecule has 0 aromatic carbocycles. The molecule has 0 bridgehead atoms. The number of hydrogen-bond acceptors (Lipinski definition) is 2. The predicted molar refractivity (Wildman–Crippen MR) is 111 cm³/mol. The number of hydrogen-bond donors (Lipinski definition) is 0. The molecule has 0 aliphatic carbocycles. The van der Waals surface area contributed by atoms with E-state index in [1.165, 1.54) is 51.4 Å². The minimum Gasteiger partial charge on any atom is -0.854 e. The summed E-state index contributed by atoms with van der Waals surface area (Å²) >= 11 is 1.77. The van der Waals surface area contributed by atoms with Gasteiger partial charge < -0.3 is 5.11 Å². The Labute approximate surface area is 213 Å². The SMILES string of the molecule is CS(C)(C#CCCCCCCCCCCCSCC[O-])CCC(F)(F)F.[K+]. The quantitative estimate of drug-likeness (QED) is 0.217. The Morgan fingerprint density at radius 3 is 1.89 bits per heavy atom. The summed E-state index contributed by atoms with van der Waals surface area (Å²) in [5, 5.41) is 13.4. The van der Waals surface area contributed by atoms with E-state index in [1.54, 1.807) is 11.8 Å². The van der Waals surface area contributed by atoms with Crippen LogP contribution in [-0.2, 0) is 0 Å². The molecule has 0 N–H and O–H groups in total. The summed E-state index contributed by atoms with van der Waals surface area (Å²) in [5.74, 6) is 5.12. The van der Waals surface area contributed by atoms with Gasteiger partial charge in [0.2, 0.25) is 0 Å². The molecule has 0 saturated heterocycles. The summed E-state index contributed by atoms with van der Waals surface area (Å²) in [6.45, 7) is 0.0350. The van der Waals surface area contributed by atoms with Gasteiger partial charge in [0.25, 0.3) is 0 Å². The van der Waals surface area contributed by atoms with E-state index in [2.05, 4.69) is 11.2 Å². The van der Waals surface area contributed by atoms with Gasteiger partial charge >= 0.3 is 57.6 Å². The van der Waals surface area contributed by atoms with Crippen LogP contribution in [0.3, 0.4) is 0 Å². The molecule has 156 valence electrons. The van der Waals surface area contributed by atoms with Gasteiger partial charge in [-0.1, -0.05) is 56.1 Å². The van der Waals surface area contributed by atoms with E-state index in [0.29, 0.717) is 0 Å². The maximum absolute atomic E-state index is 12.3. The molecule has 0 aliphatic rings. The fourth-order valence-corrected chi connectivity index (χ4v) is 4.55. The van der Waals surface area contributed by atoms with Crippen molar-refractivity contribution in [2.75, 3.05) is 36.4 Å². The van der Waals surface area contributed by atoms with Gasteiger partial charge in [-0.3, -0.25) is 0 Å². The third-order valence-electron chi connectivity index (χ3n) is 4.06. The molecule has 0 aromatic heterocycles. The summed E-state index contributed by atoms with van der Waals surface area (Å²) in [7, 11) is -1.43. The first-order chi connectivity index (χ1) is 12.3. The van der Waals surface area contributed by atoms with Gasteiger partial charge in [-0.25, -0.2) is 0 Å². The first-order valence-corrected chi connectivity index (χ1v) is 13.5. The Bertz CT molecular complexity index is 393. The molecule has 0 aliphatic heterocycles. The van der Waals surface area contributed by atoms with Crippen LogP contribution in [-0.4, -0.2) is 42.6 Å². The molecule has 0 aromatic rings. The molecule has 0 heterocycles. The van der Waals surface area contributed by atoms with Crippen LogP contribution in [0.4, 0.5) is 13.2 Å². The second kappa shape index (κ2) is 19.6. The predicted octanol–water partition coefficient (Wildman–Crippen LogP) is 2.96. The van der Waals surface area contributed by atoms with Crippen LogP contribution in [0, 0.1) is 11.2 Å². The van der Waals surface area contributed by atoms with E-state index in [0.717, 1.165) is 24.3 Å². The number of thioether (sulfide) groups is 1. The third-order valence-corrected chi connectivity index (χ3v) is 7.02. The molecule has 0 atom stereocenters. The Morgan fingerprint density at radius 1 is 0.852 bits per heavy atom. The van der Waals surface area contributed by atoms with Gasteiger partial charge in [0.15, 0.2) is 0 Å². The molecule has 0 spiro atoms. The molecule has 0 unspecified atom stereocenters. The zero-order chi connectivity index (χ0) is 19.7. The average molecular weight is 453 g/mol. The van der Waals surface area contributed by atoms with Gasteiger partial charge in [0.1, 0.15) is 0 Å². The molecule has 0 rings (SSSR count). The summed E-state index contributed by atoms with van der Waals surface area (Å²) in [6, 6.07) is 0. The molecule has 1 nitrogen and oxygen atoms in total. The van der Waals surface area contributed by atoms with Crippen LogP contribution < -0.4 is 56.5 Å². The molecular weight excluding hydrogens is 416 g/mol. The van der Waals surface area contributed by atoms with E-state index in [4.69, 9.17) is 0 Å². The van der Waals surface area contributed by atoms with Crippen LogP contribution in [0.2, 0.25) is 0 Å². The van der Waals surface area contributed by atoms with Crippen molar-refractivity contribution in [3.63, 3.8) is 0 Å². The van der Waals surface area contributed by atoms with Crippen molar-refractivity contribution >= 4 is 21.8 Å². The zero-order valence-corrected chi connectivity index (χ0v) is 22.2. The van der Waals surface area contributed by atoms with Crippen LogP contribution in [0.15, 0.2) is 0 Å². The molecule has 0 amide bonds. The number of alkyl halides is 3. The molecular formula is C20H36F3KOS2. The van der Waals surface area contributed by atoms with Gasteiger partial charge in [0.05, 0.1) is 6.42 Å². The summed E-state index contributed by atoms with van der Waals surface area (Å²) in [4.78, 5) is 0. The van der Waals surface area contributed by atoms with E-state index >= 15 is 0 Å². The summed E-state index contributed by atoms with van der Waals surface area (Å²) < 4.78 is 36.8. The Hall–Kier alpha value is 1.65. The minimum atomic E-state index is -4.07. The summed E-state index contributed by atoms with van der Waals surface area (Å²) in [5.41, 5.74) is 0. The van der Waals surface area contributed by atoms with Gasteiger partial charge in [-0.2, -0.15) is 35.0 Å². The fraction of sp³-hybridized carbons (Fsp3) is 0.900. The summed E-state index contributed by atoms with van der Waals surface area (Å²) in [6.07, 6.45) is 10.8. The van der Waals surface area contributed by atoms with Crippen LogP contribution in [0.25, 0.3) is 0 Å². The van der Waals surface area contributed by atoms with E-state index in [-0.39, 0.29) is 63.7 Å². The Kier molecular flexibility index (Phi) is 22.4. The van der Waals surface area contributed by atoms with Gasteiger partial charge in [0, 0.05) is 6.42 Å². The molecule has 27 heavy (non-hydrogen) atoms. The second-order valence-corrected chi connectivity index (χ2v) is 12.0. The molecule has 0 radical (unpaired) electrons. The van der Waals surface area contributed by atoms with Gasteiger partial charge in [-0.15, -0.1) is 6.61 Å². The monoisotopic (exact) mass is 452 g/mol. The van der Waals surface area contributed by atoms with Crippen molar-refractivity contribution in [1.29, 1.82) is 0 Å². The van der Waals surface area contributed by atoms with E-state index in [9.17, 15) is 18.3 Å². The maximum atomic E-state index is 12.3. The smallest absolute Gasteiger partial charge is 0.854 e. The Morgan fingerprint density at radius 2 is 1.37 bits per heavy atom. The van der Waals surface area contributed by atoms with Crippen molar-refractivity contribution in [1.82, 2.24) is 0 Å². The second-order valence-electron chi connectivity index (χ2n) is 7.13. The standard InChI is InChI=1S/C20H36F3OS2.K/c1-26(2,19-14-20(21,22)23)18-13-11-9-7-5-3-4-6-8-10-12-16-25-17-15-24;/h3-12,14-17,19H2,1-2H3;/q-1;+1. The third kappa shape index (κ3) is 25.6. The van der Waals surface area contributed by atoms with Crippen molar-refractivity contribution in [3.05, 3.63) is 0 Å². The zero-order valence-electron chi connectivity index (χ0n) is 17.5. The van der Waals surface area contributed by atoms with Gasteiger partial charge in [-0.05, 0) is 42.6 Å². The topological polar surface area (TPSA) is 23.1 Å². The number of halogens is 3. The van der Waals surface area contributed by atoms with Crippen molar-refractivity contribution in [2.24, 2.45) is 0 Å². The Balaban J connectivity index is 0. The van der Waals surface area contributed by atoms with E-state index in [1.807, 2.05) is 12.5 Å². The molecule has 0 saturated carbocycles. The average Bonchev–Trinajstić information content (AvgIpc) is 2.56. The largest absolute Gasteiger partial charge is 1.00 e. The normalized spacial score (nSPS) is 12.2. The molecule has 0 fully saturated rings. The number of rotatable bonds is 15. The van der Waals surface area contributed by atoms with Crippen LogP contribution in [0.1, 0.15) is 70.6 Å². The fourth-order valence-electron chi connectivity index (χ4n) is 2.48. The maximum Gasteiger partial charge on any atom is 1.00 e. The minimum absolute atomic E-state index is 0. The van der Waals surface area contributed by atoms with Crippen LogP contribution >= 0.6 is 21.8 Å². The number of unbranched alkanes of at least 4 members (excludes halogenated alkanes) is 9. The first-order valence-electron chi connectivity index (χ1n) is 9.70. The van der Waals surface area contributed by atoms with Crippen molar-refractivity contribution in [3.8, 4) is 11.2 Å². The van der Waals surface area contributed by atoms with Crippen molar-refractivity contribution < 1.29 is 69.7 Å². The van der Waals surface area contributed by atoms with Crippen LogP contribution in [0.5, 0.6) is 0 Å². The van der Waals surface area contributed by atoms with E-state index < -0.39 is 22.6 Å².